The molecular formula is C17H15FN2O3S. The van der Waals surface area contributed by atoms with E-state index >= 15 is 0 Å². The van der Waals surface area contributed by atoms with E-state index in [2.05, 4.69) is 9.71 Å². The molecule has 0 fully saturated rings. The van der Waals surface area contributed by atoms with Gasteiger partial charge in [0.25, 0.3) is 0 Å². The van der Waals surface area contributed by atoms with Gasteiger partial charge < -0.3 is 4.42 Å². The van der Waals surface area contributed by atoms with Crippen LogP contribution in [0.5, 0.6) is 0 Å². The van der Waals surface area contributed by atoms with Crippen molar-refractivity contribution in [2.75, 3.05) is 0 Å². The molecule has 0 unspecified atom stereocenters. The molecule has 0 aliphatic carbocycles. The van der Waals surface area contributed by atoms with Crippen molar-refractivity contribution in [1.29, 1.82) is 0 Å². The number of hydrogen-bond acceptors (Lipinski definition) is 4. The molecule has 0 spiro atoms. The molecular weight excluding hydrogens is 331 g/mol. The van der Waals surface area contributed by atoms with Gasteiger partial charge in [0.2, 0.25) is 10.0 Å². The molecule has 0 aliphatic rings. The van der Waals surface area contributed by atoms with Crippen molar-refractivity contribution >= 4 is 10.0 Å². The highest BCUT2D eigenvalue weighted by molar-refractivity contribution is 7.89. The van der Waals surface area contributed by atoms with Crippen LogP contribution in [0.25, 0.3) is 11.5 Å². The van der Waals surface area contributed by atoms with Gasteiger partial charge >= 0.3 is 0 Å². The molecule has 2 heterocycles. The molecule has 1 aromatic carbocycles. The average molecular weight is 346 g/mol. The average Bonchev–Trinajstić information content (AvgIpc) is 3.07. The van der Waals surface area contributed by atoms with Gasteiger partial charge in [-0.3, -0.25) is 4.98 Å². The van der Waals surface area contributed by atoms with Crippen molar-refractivity contribution in [3.05, 3.63) is 71.9 Å². The molecule has 0 saturated carbocycles. The first-order valence-electron chi connectivity index (χ1n) is 7.20. The lowest BCUT2D eigenvalue weighted by Gasteiger charge is -2.10. The van der Waals surface area contributed by atoms with Gasteiger partial charge in [0, 0.05) is 12.7 Å². The molecule has 3 aromatic rings. The van der Waals surface area contributed by atoms with Gasteiger partial charge in [-0.15, -0.1) is 0 Å². The van der Waals surface area contributed by atoms with Crippen molar-refractivity contribution in [3.63, 3.8) is 0 Å². The molecule has 0 radical (unpaired) electrons. The van der Waals surface area contributed by atoms with E-state index in [4.69, 9.17) is 4.42 Å². The number of nitrogens with one attached hydrogen (secondary N) is 1. The number of aryl methyl sites for hydroxylation is 1. The Bertz CT molecular complexity index is 954. The van der Waals surface area contributed by atoms with Gasteiger partial charge in [0.05, 0.1) is 11.2 Å². The van der Waals surface area contributed by atoms with E-state index in [0.717, 1.165) is 11.6 Å². The molecule has 7 heteroatoms. The largest absolute Gasteiger partial charge is 0.463 e. The van der Waals surface area contributed by atoms with Gasteiger partial charge in [-0.05, 0) is 60.5 Å². The Hall–Kier alpha value is -2.51. The number of halogens is 1. The van der Waals surface area contributed by atoms with Crippen molar-refractivity contribution in [2.45, 2.75) is 18.4 Å². The molecule has 24 heavy (non-hydrogen) atoms. The minimum Gasteiger partial charge on any atom is -0.463 e. The Morgan fingerprint density at radius 3 is 2.75 bits per heavy atom. The zero-order valence-corrected chi connectivity index (χ0v) is 13.7. The maximum absolute atomic E-state index is 13.1. The van der Waals surface area contributed by atoms with Crippen LogP contribution in [-0.2, 0) is 16.6 Å². The number of rotatable bonds is 5. The lowest BCUT2D eigenvalue weighted by Crippen LogP contribution is -2.24. The molecule has 0 saturated heterocycles. The quantitative estimate of drug-likeness (QED) is 0.770. The zero-order valence-electron chi connectivity index (χ0n) is 12.9. The molecule has 0 atom stereocenters. The van der Waals surface area contributed by atoms with Gasteiger partial charge in [0.15, 0.2) is 5.76 Å². The maximum Gasteiger partial charge on any atom is 0.241 e. The summed E-state index contributed by atoms with van der Waals surface area (Å²) in [5, 5.41) is 0. The summed E-state index contributed by atoms with van der Waals surface area (Å²) in [6, 6.07) is 10.6. The number of pyridine rings is 1. The van der Waals surface area contributed by atoms with E-state index in [1.807, 2.05) is 0 Å². The highest BCUT2D eigenvalue weighted by Crippen LogP contribution is 2.19. The van der Waals surface area contributed by atoms with Crippen molar-refractivity contribution in [3.8, 4) is 11.5 Å². The fourth-order valence-electron chi connectivity index (χ4n) is 2.31. The summed E-state index contributed by atoms with van der Waals surface area (Å²) in [7, 11) is -3.73. The Morgan fingerprint density at radius 1 is 1.21 bits per heavy atom. The summed E-state index contributed by atoms with van der Waals surface area (Å²) in [6.07, 6.45) is 3.13. The number of hydrogen-bond donors (Lipinski definition) is 1. The number of sulfonamides is 1. The molecule has 2 aromatic heterocycles. The Morgan fingerprint density at radius 2 is 2.04 bits per heavy atom. The molecule has 5 nitrogen and oxygen atoms in total. The van der Waals surface area contributed by atoms with Crippen LogP contribution in [0.2, 0.25) is 0 Å². The summed E-state index contributed by atoms with van der Waals surface area (Å²) >= 11 is 0. The summed E-state index contributed by atoms with van der Waals surface area (Å²) in [5.41, 5.74) is 1.71. The summed E-state index contributed by atoms with van der Waals surface area (Å²) < 4.78 is 45.7. The maximum atomic E-state index is 13.1. The lowest BCUT2D eigenvalue weighted by atomic mass is 10.2. The summed E-state index contributed by atoms with van der Waals surface area (Å²) in [5.74, 6) is 0.137. The van der Waals surface area contributed by atoms with Gasteiger partial charge in [-0.2, -0.15) is 0 Å². The van der Waals surface area contributed by atoms with E-state index in [9.17, 15) is 12.8 Å². The van der Waals surface area contributed by atoms with Crippen molar-refractivity contribution < 1.29 is 17.2 Å². The van der Waals surface area contributed by atoms with E-state index < -0.39 is 15.8 Å². The Balaban J connectivity index is 1.79. The van der Waals surface area contributed by atoms with Crippen molar-refractivity contribution in [2.24, 2.45) is 0 Å². The standard InChI is InChI=1S/C17H15FN2O3S/c1-12-9-14(18)4-5-17(12)24(21,22)20-11-13-6-7-19-15(10-13)16-3-2-8-23-16/h2-10,20H,11H2,1H3. The van der Waals surface area contributed by atoms with E-state index in [-0.39, 0.29) is 11.4 Å². The molecule has 124 valence electrons. The minimum atomic E-state index is -3.73. The van der Waals surface area contributed by atoms with Gasteiger partial charge in [-0.1, -0.05) is 0 Å². The normalized spacial score (nSPS) is 11.6. The fraction of sp³-hybridized carbons (Fsp3) is 0.118. The second kappa shape index (κ2) is 6.54. The smallest absolute Gasteiger partial charge is 0.241 e. The number of furan rings is 1. The highest BCUT2D eigenvalue weighted by atomic mass is 32.2. The van der Waals surface area contributed by atoms with Crippen LogP contribution in [0.4, 0.5) is 4.39 Å². The molecule has 0 aliphatic heterocycles. The zero-order chi connectivity index (χ0) is 17.2. The Kier molecular flexibility index (Phi) is 4.46. The molecule has 0 amide bonds. The predicted octanol–water partition coefficient (Wildman–Crippen LogP) is 3.27. The number of aromatic nitrogens is 1. The van der Waals surface area contributed by atoms with Crippen LogP contribution in [0.3, 0.4) is 0 Å². The minimum absolute atomic E-state index is 0.0595. The van der Waals surface area contributed by atoms with Crippen LogP contribution in [0, 0.1) is 12.7 Å². The first-order valence-corrected chi connectivity index (χ1v) is 8.69. The third kappa shape index (κ3) is 3.52. The SMILES string of the molecule is Cc1cc(F)ccc1S(=O)(=O)NCc1ccnc(-c2ccco2)c1. The van der Waals surface area contributed by atoms with Gasteiger partial charge in [0.1, 0.15) is 11.5 Å². The number of benzene rings is 1. The lowest BCUT2D eigenvalue weighted by molar-refractivity contribution is 0.578. The highest BCUT2D eigenvalue weighted by Gasteiger charge is 2.17. The van der Waals surface area contributed by atoms with Crippen LogP contribution in [-0.4, -0.2) is 13.4 Å². The summed E-state index contributed by atoms with van der Waals surface area (Å²) in [4.78, 5) is 4.26. The van der Waals surface area contributed by atoms with Crippen LogP contribution < -0.4 is 4.72 Å². The molecule has 1 N–H and O–H groups in total. The van der Waals surface area contributed by atoms with E-state index in [1.54, 1.807) is 43.6 Å². The van der Waals surface area contributed by atoms with Crippen molar-refractivity contribution in [1.82, 2.24) is 9.71 Å². The topological polar surface area (TPSA) is 72.2 Å². The van der Waals surface area contributed by atoms with Crippen LogP contribution in [0.1, 0.15) is 11.1 Å². The van der Waals surface area contributed by atoms with E-state index in [1.165, 1.54) is 12.1 Å². The number of nitrogens with zero attached hydrogens (tertiary/aromatic N) is 1. The Labute approximate surface area is 139 Å². The van der Waals surface area contributed by atoms with Gasteiger partial charge in [-0.25, -0.2) is 17.5 Å². The van der Waals surface area contributed by atoms with E-state index in [0.29, 0.717) is 17.0 Å². The third-order valence-electron chi connectivity index (χ3n) is 3.49. The van der Waals surface area contributed by atoms with Crippen LogP contribution >= 0.6 is 0 Å². The predicted molar refractivity (Wildman–Crippen MR) is 87.1 cm³/mol. The third-order valence-corrected chi connectivity index (χ3v) is 5.05. The molecule has 0 bridgehead atoms. The van der Waals surface area contributed by atoms with Crippen LogP contribution in [0.15, 0.2) is 64.2 Å². The molecule has 3 rings (SSSR count). The monoisotopic (exact) mass is 346 g/mol. The second-order valence-electron chi connectivity index (χ2n) is 5.26. The first kappa shape index (κ1) is 16.4. The first-order chi connectivity index (χ1) is 11.5. The second-order valence-corrected chi connectivity index (χ2v) is 7.00. The summed E-state index contributed by atoms with van der Waals surface area (Å²) in [6.45, 7) is 1.65. The fourth-order valence-corrected chi connectivity index (χ4v) is 3.56.